The minimum atomic E-state index is -3.30. The molecule has 118 valence electrons. The first-order valence-electron chi connectivity index (χ1n) is 7.37. The van der Waals surface area contributed by atoms with E-state index in [4.69, 9.17) is 0 Å². The summed E-state index contributed by atoms with van der Waals surface area (Å²) in [5.74, 6) is -0.206. The second-order valence-corrected chi connectivity index (χ2v) is 7.63. The summed E-state index contributed by atoms with van der Waals surface area (Å²) in [5, 5.41) is 2.94. The summed E-state index contributed by atoms with van der Waals surface area (Å²) in [6.07, 6.45) is 5.47. The molecule has 1 unspecified atom stereocenters. The van der Waals surface area contributed by atoms with Crippen LogP contribution in [0.4, 0.5) is 0 Å². The minimum Gasteiger partial charge on any atom is -0.350 e. The Morgan fingerprint density at radius 1 is 1.29 bits per heavy atom. The van der Waals surface area contributed by atoms with Gasteiger partial charge in [-0.2, -0.15) is 0 Å². The number of rotatable bonds is 7. The number of unbranched alkanes of at least 4 members (excludes halogenated alkanes) is 2. The van der Waals surface area contributed by atoms with Crippen molar-refractivity contribution < 1.29 is 13.2 Å². The molecule has 0 aliphatic rings. The fourth-order valence-corrected chi connectivity index (χ4v) is 2.80. The molecule has 21 heavy (non-hydrogen) atoms. The van der Waals surface area contributed by atoms with Crippen molar-refractivity contribution in [1.29, 1.82) is 0 Å². The minimum absolute atomic E-state index is 0.0883. The zero-order valence-electron chi connectivity index (χ0n) is 13.3. The van der Waals surface area contributed by atoms with Crippen molar-refractivity contribution in [3.63, 3.8) is 0 Å². The van der Waals surface area contributed by atoms with Gasteiger partial charge in [0.1, 0.15) is 0 Å². The van der Waals surface area contributed by atoms with Gasteiger partial charge in [-0.1, -0.05) is 32.3 Å². The van der Waals surface area contributed by atoms with Gasteiger partial charge in [0.15, 0.2) is 9.84 Å². The van der Waals surface area contributed by atoms with Crippen LogP contribution >= 0.6 is 0 Å². The summed E-state index contributed by atoms with van der Waals surface area (Å²) in [5.41, 5.74) is 1.21. The summed E-state index contributed by atoms with van der Waals surface area (Å²) >= 11 is 0. The standard InChI is InChI=1S/C16H25NO3S/c1-5-6-7-8-13(3)17-16(18)15-11-14(21(4,19)20)10-9-12(15)2/h9-11,13H,5-8H2,1-4H3,(H,17,18). The molecule has 1 rings (SSSR count). The van der Waals surface area contributed by atoms with E-state index in [9.17, 15) is 13.2 Å². The van der Waals surface area contributed by atoms with E-state index in [0.717, 1.165) is 37.5 Å². The van der Waals surface area contributed by atoms with Crippen molar-refractivity contribution >= 4 is 15.7 Å². The molecule has 1 atom stereocenters. The van der Waals surface area contributed by atoms with Crippen molar-refractivity contribution in [2.24, 2.45) is 0 Å². The third-order valence-corrected chi connectivity index (χ3v) is 4.61. The Bertz CT molecular complexity index is 594. The molecule has 5 heteroatoms. The van der Waals surface area contributed by atoms with Crippen molar-refractivity contribution in [3.05, 3.63) is 29.3 Å². The second kappa shape index (κ2) is 7.59. The number of hydrogen-bond acceptors (Lipinski definition) is 3. The molecule has 1 N–H and O–H groups in total. The van der Waals surface area contributed by atoms with Crippen LogP contribution in [0, 0.1) is 6.92 Å². The van der Waals surface area contributed by atoms with Crippen LogP contribution in [0.15, 0.2) is 23.1 Å². The van der Waals surface area contributed by atoms with Gasteiger partial charge in [0.2, 0.25) is 0 Å². The number of nitrogens with one attached hydrogen (secondary N) is 1. The molecule has 0 aliphatic heterocycles. The summed E-state index contributed by atoms with van der Waals surface area (Å²) < 4.78 is 23.2. The number of aryl methyl sites for hydroxylation is 1. The molecule has 0 aromatic heterocycles. The lowest BCUT2D eigenvalue weighted by atomic mass is 10.1. The second-order valence-electron chi connectivity index (χ2n) is 5.62. The Labute approximate surface area is 127 Å². The number of carbonyl (C=O) groups is 1. The van der Waals surface area contributed by atoms with Gasteiger partial charge in [-0.25, -0.2) is 8.42 Å². The summed E-state index contributed by atoms with van der Waals surface area (Å²) in [6, 6.07) is 4.75. The highest BCUT2D eigenvalue weighted by Gasteiger charge is 2.15. The highest BCUT2D eigenvalue weighted by atomic mass is 32.2. The van der Waals surface area contributed by atoms with E-state index in [1.54, 1.807) is 6.07 Å². The third-order valence-electron chi connectivity index (χ3n) is 3.50. The average Bonchev–Trinajstić information content (AvgIpc) is 2.37. The van der Waals surface area contributed by atoms with Gasteiger partial charge >= 0.3 is 0 Å². The largest absolute Gasteiger partial charge is 0.350 e. The van der Waals surface area contributed by atoms with Crippen molar-refractivity contribution in [2.45, 2.75) is 57.4 Å². The first kappa shape index (κ1) is 17.7. The van der Waals surface area contributed by atoms with Crippen LogP contribution in [0.3, 0.4) is 0 Å². The van der Waals surface area contributed by atoms with Gasteiger partial charge < -0.3 is 5.32 Å². The smallest absolute Gasteiger partial charge is 0.251 e. The quantitative estimate of drug-likeness (QED) is 0.787. The van der Waals surface area contributed by atoms with E-state index < -0.39 is 9.84 Å². The van der Waals surface area contributed by atoms with Gasteiger partial charge in [-0.15, -0.1) is 0 Å². The van der Waals surface area contributed by atoms with Crippen LogP contribution in [-0.2, 0) is 9.84 Å². The monoisotopic (exact) mass is 311 g/mol. The number of amides is 1. The molecule has 0 radical (unpaired) electrons. The van der Waals surface area contributed by atoms with Crippen molar-refractivity contribution in [3.8, 4) is 0 Å². The predicted molar refractivity (Wildman–Crippen MR) is 85.4 cm³/mol. The Morgan fingerprint density at radius 2 is 1.95 bits per heavy atom. The maximum absolute atomic E-state index is 12.3. The van der Waals surface area contributed by atoms with Crippen molar-refractivity contribution in [2.75, 3.05) is 6.26 Å². The maximum Gasteiger partial charge on any atom is 0.251 e. The Kier molecular flexibility index (Phi) is 6.40. The Hall–Kier alpha value is -1.36. The lowest BCUT2D eigenvalue weighted by Crippen LogP contribution is -2.33. The van der Waals surface area contributed by atoms with E-state index in [1.807, 2.05) is 13.8 Å². The number of sulfone groups is 1. The molecule has 4 nitrogen and oxygen atoms in total. The molecule has 0 aliphatic carbocycles. The highest BCUT2D eigenvalue weighted by Crippen LogP contribution is 2.16. The van der Waals surface area contributed by atoms with Gasteiger partial charge in [-0.3, -0.25) is 4.79 Å². The highest BCUT2D eigenvalue weighted by molar-refractivity contribution is 7.90. The summed E-state index contributed by atoms with van der Waals surface area (Å²) in [4.78, 5) is 12.5. The average molecular weight is 311 g/mol. The molecule has 0 heterocycles. The molecule has 0 bridgehead atoms. The Morgan fingerprint density at radius 3 is 2.52 bits per heavy atom. The van der Waals surface area contributed by atoms with E-state index in [1.165, 1.54) is 12.1 Å². The van der Waals surface area contributed by atoms with Crippen LogP contribution in [0.5, 0.6) is 0 Å². The predicted octanol–water partition coefficient (Wildman–Crippen LogP) is 3.10. The van der Waals surface area contributed by atoms with E-state index >= 15 is 0 Å². The number of hydrogen-bond donors (Lipinski definition) is 1. The number of benzene rings is 1. The SMILES string of the molecule is CCCCCC(C)NC(=O)c1cc(S(C)(=O)=O)ccc1C. The van der Waals surface area contributed by atoms with Gasteiger partial charge in [-0.05, 0) is 38.0 Å². The third kappa shape index (κ3) is 5.50. The first-order valence-corrected chi connectivity index (χ1v) is 9.26. The van der Waals surface area contributed by atoms with Crippen LogP contribution in [0.25, 0.3) is 0 Å². The molecule has 0 saturated heterocycles. The fourth-order valence-electron chi connectivity index (χ4n) is 2.15. The molecule has 0 saturated carbocycles. The molecule has 0 fully saturated rings. The van der Waals surface area contributed by atoms with Crippen molar-refractivity contribution in [1.82, 2.24) is 5.32 Å². The van der Waals surface area contributed by atoms with Gasteiger partial charge in [0, 0.05) is 17.9 Å². The van der Waals surface area contributed by atoms with E-state index in [2.05, 4.69) is 12.2 Å². The molecular weight excluding hydrogens is 286 g/mol. The lowest BCUT2D eigenvalue weighted by Gasteiger charge is -2.15. The topological polar surface area (TPSA) is 63.2 Å². The maximum atomic E-state index is 12.3. The molecule has 1 aromatic rings. The molecule has 0 spiro atoms. The van der Waals surface area contributed by atoms with Crippen LogP contribution in [0.2, 0.25) is 0 Å². The summed E-state index contributed by atoms with van der Waals surface area (Å²) in [6.45, 7) is 5.93. The van der Waals surface area contributed by atoms with Gasteiger partial charge in [0.05, 0.1) is 4.90 Å². The zero-order valence-corrected chi connectivity index (χ0v) is 14.1. The number of carbonyl (C=O) groups excluding carboxylic acids is 1. The van der Waals surface area contributed by atoms with E-state index in [0.29, 0.717) is 5.56 Å². The van der Waals surface area contributed by atoms with Crippen LogP contribution in [0.1, 0.15) is 55.5 Å². The fraction of sp³-hybridized carbons (Fsp3) is 0.562. The molecule has 1 amide bonds. The molecule has 1 aromatic carbocycles. The van der Waals surface area contributed by atoms with Crippen LogP contribution < -0.4 is 5.32 Å². The van der Waals surface area contributed by atoms with Gasteiger partial charge in [0.25, 0.3) is 5.91 Å². The van der Waals surface area contributed by atoms with E-state index in [-0.39, 0.29) is 16.8 Å². The lowest BCUT2D eigenvalue weighted by molar-refractivity contribution is 0.0937. The molecular formula is C16H25NO3S. The first-order chi connectivity index (χ1) is 9.75. The zero-order chi connectivity index (χ0) is 16.0. The van der Waals surface area contributed by atoms with Crippen LogP contribution in [-0.4, -0.2) is 26.6 Å². The Balaban J connectivity index is 2.82. The summed E-state index contributed by atoms with van der Waals surface area (Å²) in [7, 11) is -3.30. The normalized spacial score (nSPS) is 13.0.